The number of carbonyl (C=O) groups excluding carboxylic acids is 2. The van der Waals surface area contributed by atoms with Gasteiger partial charge in [-0.3, -0.25) is 4.79 Å². The van der Waals surface area contributed by atoms with Crippen molar-refractivity contribution in [2.24, 2.45) is 5.92 Å². The molecule has 1 aliphatic carbocycles. The Morgan fingerprint density at radius 2 is 1.89 bits per heavy atom. The molecule has 0 bridgehead atoms. The zero-order chi connectivity index (χ0) is 13.8. The van der Waals surface area contributed by atoms with Crippen molar-refractivity contribution < 1.29 is 14.3 Å². The number of amides is 1. The van der Waals surface area contributed by atoms with Crippen molar-refractivity contribution in [3.05, 3.63) is 35.4 Å². The first-order valence-electron chi connectivity index (χ1n) is 6.59. The molecule has 1 aromatic rings. The van der Waals surface area contributed by atoms with Crippen LogP contribution >= 0.6 is 0 Å². The zero-order valence-corrected chi connectivity index (χ0v) is 11.3. The highest BCUT2D eigenvalue weighted by atomic mass is 16.5. The molecule has 19 heavy (non-hydrogen) atoms. The van der Waals surface area contributed by atoms with E-state index in [0.29, 0.717) is 6.42 Å². The Morgan fingerprint density at radius 1 is 1.32 bits per heavy atom. The van der Waals surface area contributed by atoms with Crippen molar-refractivity contribution in [3.8, 4) is 0 Å². The van der Waals surface area contributed by atoms with Crippen LogP contribution in [0, 0.1) is 5.92 Å². The number of hydrogen-bond donors (Lipinski definition) is 1. The van der Waals surface area contributed by atoms with Crippen LogP contribution in [0.3, 0.4) is 0 Å². The standard InChI is InChI=1S/C15H19NO3/c1-3-13(17)14(16-15(18)19-2)12-8-10-6-4-5-7-11(10)9-12/h4-7,12,14H,3,8-9H2,1-2H3,(H,16,18). The summed E-state index contributed by atoms with van der Waals surface area (Å²) in [7, 11) is 1.31. The van der Waals surface area contributed by atoms with Crippen LogP contribution < -0.4 is 5.32 Å². The quantitative estimate of drug-likeness (QED) is 0.903. The average molecular weight is 261 g/mol. The fraction of sp³-hybridized carbons (Fsp3) is 0.467. The molecule has 1 amide bonds. The molecule has 4 nitrogen and oxygen atoms in total. The lowest BCUT2D eigenvalue weighted by Crippen LogP contribution is -2.46. The molecule has 4 heteroatoms. The summed E-state index contributed by atoms with van der Waals surface area (Å²) >= 11 is 0. The molecule has 0 saturated carbocycles. The molecule has 1 aromatic carbocycles. The van der Waals surface area contributed by atoms with Crippen molar-refractivity contribution in [1.82, 2.24) is 5.32 Å². The molecule has 1 atom stereocenters. The summed E-state index contributed by atoms with van der Waals surface area (Å²) in [6.45, 7) is 1.82. The van der Waals surface area contributed by atoms with Gasteiger partial charge < -0.3 is 10.1 Å². The maximum absolute atomic E-state index is 12.0. The van der Waals surface area contributed by atoms with Gasteiger partial charge in [-0.25, -0.2) is 4.79 Å². The minimum Gasteiger partial charge on any atom is -0.453 e. The molecule has 0 saturated heterocycles. The first-order chi connectivity index (χ1) is 9.15. The number of fused-ring (bicyclic) bond motifs is 1. The van der Waals surface area contributed by atoms with E-state index in [1.54, 1.807) is 0 Å². The minimum atomic E-state index is -0.539. The summed E-state index contributed by atoms with van der Waals surface area (Å²) in [5.41, 5.74) is 2.54. The Labute approximate surface area is 113 Å². The molecule has 1 unspecified atom stereocenters. The fourth-order valence-corrected chi connectivity index (χ4v) is 2.70. The molecular weight excluding hydrogens is 242 g/mol. The Bertz CT molecular complexity index is 459. The van der Waals surface area contributed by atoms with Crippen LogP contribution in [0.15, 0.2) is 24.3 Å². The number of hydrogen-bond acceptors (Lipinski definition) is 3. The second kappa shape index (κ2) is 5.87. The van der Waals surface area contributed by atoms with Crippen molar-refractivity contribution in [1.29, 1.82) is 0 Å². The van der Waals surface area contributed by atoms with E-state index in [1.807, 2.05) is 19.1 Å². The highest BCUT2D eigenvalue weighted by molar-refractivity contribution is 5.87. The fourth-order valence-electron chi connectivity index (χ4n) is 2.70. The average Bonchev–Trinajstić information content (AvgIpc) is 2.87. The van der Waals surface area contributed by atoms with Gasteiger partial charge in [0, 0.05) is 6.42 Å². The van der Waals surface area contributed by atoms with Crippen LogP contribution in [-0.4, -0.2) is 25.0 Å². The molecule has 102 valence electrons. The van der Waals surface area contributed by atoms with Gasteiger partial charge in [0.05, 0.1) is 13.2 Å². The van der Waals surface area contributed by atoms with Gasteiger partial charge in [-0.05, 0) is 29.9 Å². The number of methoxy groups -OCH3 is 1. The highest BCUT2D eigenvalue weighted by Gasteiger charge is 2.33. The molecule has 0 aromatic heterocycles. The van der Waals surface area contributed by atoms with Crippen LogP contribution in [0.1, 0.15) is 24.5 Å². The Morgan fingerprint density at radius 3 is 2.37 bits per heavy atom. The van der Waals surface area contributed by atoms with Gasteiger partial charge in [0.15, 0.2) is 5.78 Å². The number of Topliss-reactive ketones (excluding diaryl/α,β-unsaturated/α-hetero) is 1. The smallest absolute Gasteiger partial charge is 0.407 e. The number of benzene rings is 1. The summed E-state index contributed by atoms with van der Waals surface area (Å²) in [5.74, 6) is 0.187. The Balaban J connectivity index is 2.13. The second-order valence-corrected chi connectivity index (χ2v) is 4.87. The first kappa shape index (κ1) is 13.6. The molecule has 0 radical (unpaired) electrons. The molecule has 0 spiro atoms. The van der Waals surface area contributed by atoms with Crippen molar-refractivity contribution in [2.75, 3.05) is 7.11 Å². The van der Waals surface area contributed by atoms with E-state index >= 15 is 0 Å². The van der Waals surface area contributed by atoms with Gasteiger partial charge >= 0.3 is 6.09 Å². The summed E-state index contributed by atoms with van der Waals surface area (Å²) in [5, 5.41) is 2.68. The van der Waals surface area contributed by atoms with Crippen LogP contribution in [0.2, 0.25) is 0 Å². The van der Waals surface area contributed by atoms with Gasteiger partial charge in [0.1, 0.15) is 0 Å². The number of nitrogens with one attached hydrogen (secondary N) is 1. The normalized spacial score (nSPS) is 15.7. The van der Waals surface area contributed by atoms with Crippen LogP contribution in [-0.2, 0) is 22.4 Å². The molecule has 1 N–H and O–H groups in total. The van der Waals surface area contributed by atoms with E-state index < -0.39 is 12.1 Å². The van der Waals surface area contributed by atoms with Gasteiger partial charge in [0.2, 0.25) is 0 Å². The topological polar surface area (TPSA) is 55.4 Å². The van der Waals surface area contributed by atoms with Crippen molar-refractivity contribution in [2.45, 2.75) is 32.2 Å². The third-order valence-electron chi connectivity index (χ3n) is 3.71. The molecule has 2 rings (SSSR count). The predicted molar refractivity (Wildman–Crippen MR) is 72.0 cm³/mol. The first-order valence-corrected chi connectivity index (χ1v) is 6.59. The number of ether oxygens (including phenoxy) is 1. The molecule has 0 aliphatic heterocycles. The summed E-state index contributed by atoms with van der Waals surface area (Å²) in [6.07, 6.45) is 1.54. The summed E-state index contributed by atoms with van der Waals surface area (Å²) < 4.78 is 4.61. The van der Waals surface area contributed by atoms with Crippen molar-refractivity contribution in [3.63, 3.8) is 0 Å². The summed E-state index contributed by atoms with van der Waals surface area (Å²) in [4.78, 5) is 23.4. The third kappa shape index (κ3) is 2.95. The number of carbonyl (C=O) groups is 2. The maximum atomic E-state index is 12.0. The van der Waals surface area contributed by atoms with Crippen LogP contribution in [0.4, 0.5) is 4.79 Å². The predicted octanol–water partition coefficient (Wildman–Crippen LogP) is 2.11. The molecule has 0 fully saturated rings. The largest absolute Gasteiger partial charge is 0.453 e. The molecule has 1 aliphatic rings. The summed E-state index contributed by atoms with van der Waals surface area (Å²) in [6, 6.07) is 7.73. The van der Waals surface area contributed by atoms with Gasteiger partial charge in [0.25, 0.3) is 0 Å². The lowest BCUT2D eigenvalue weighted by Gasteiger charge is -2.22. The van der Waals surface area contributed by atoms with Gasteiger partial charge in [-0.2, -0.15) is 0 Å². The lowest BCUT2D eigenvalue weighted by atomic mass is 9.92. The highest BCUT2D eigenvalue weighted by Crippen LogP contribution is 2.29. The van der Waals surface area contributed by atoms with E-state index in [9.17, 15) is 9.59 Å². The van der Waals surface area contributed by atoms with E-state index in [1.165, 1.54) is 18.2 Å². The van der Waals surface area contributed by atoms with Gasteiger partial charge in [-0.1, -0.05) is 31.2 Å². The second-order valence-electron chi connectivity index (χ2n) is 4.87. The van der Waals surface area contributed by atoms with Crippen LogP contribution in [0.25, 0.3) is 0 Å². The zero-order valence-electron chi connectivity index (χ0n) is 11.3. The molecular formula is C15H19NO3. The number of alkyl carbamates (subject to hydrolysis) is 1. The van der Waals surface area contributed by atoms with E-state index in [0.717, 1.165) is 12.8 Å². The third-order valence-corrected chi connectivity index (χ3v) is 3.71. The number of ketones is 1. The van der Waals surface area contributed by atoms with E-state index in [-0.39, 0.29) is 11.7 Å². The SMILES string of the molecule is CCC(=O)C(NC(=O)OC)C1Cc2ccccc2C1. The van der Waals surface area contributed by atoms with E-state index in [2.05, 4.69) is 22.2 Å². The maximum Gasteiger partial charge on any atom is 0.407 e. The van der Waals surface area contributed by atoms with Crippen LogP contribution in [0.5, 0.6) is 0 Å². The lowest BCUT2D eigenvalue weighted by molar-refractivity contribution is -0.121. The minimum absolute atomic E-state index is 0.0585. The van der Waals surface area contributed by atoms with Crippen molar-refractivity contribution >= 4 is 11.9 Å². The molecule has 0 heterocycles. The monoisotopic (exact) mass is 261 g/mol. The van der Waals surface area contributed by atoms with E-state index in [4.69, 9.17) is 0 Å². The Hall–Kier alpha value is -1.84. The Kier molecular flexibility index (Phi) is 4.20. The number of rotatable bonds is 4. The van der Waals surface area contributed by atoms with Gasteiger partial charge in [-0.15, -0.1) is 0 Å².